The average Bonchev–Trinajstić information content (AvgIpc) is 3.35. The van der Waals surface area contributed by atoms with E-state index in [0.29, 0.717) is 50.7 Å². The van der Waals surface area contributed by atoms with Crippen molar-refractivity contribution in [1.82, 2.24) is 15.2 Å². The number of nitrogens with zero attached hydrogens (tertiary/aromatic N) is 4. The van der Waals surface area contributed by atoms with Crippen LogP contribution in [0.4, 0.5) is 5.69 Å². The number of para-hydroxylation sites is 1. The molecule has 4 aromatic rings. The molecular weight excluding hydrogens is 492 g/mol. The largest absolute Gasteiger partial charge is 0.493 e. The molecule has 6 rings (SSSR count). The first-order valence-electron chi connectivity index (χ1n) is 11.6. The van der Waals surface area contributed by atoms with Crippen LogP contribution in [0, 0.1) is 0 Å². The molecule has 186 valence electrons. The number of ether oxygens (including phenoxy) is 4. The number of amides is 1. The lowest BCUT2D eigenvalue weighted by Crippen LogP contribution is -2.36. The van der Waals surface area contributed by atoms with Crippen LogP contribution >= 0.6 is 11.8 Å². The van der Waals surface area contributed by atoms with E-state index >= 15 is 0 Å². The Morgan fingerprint density at radius 3 is 2.70 bits per heavy atom. The monoisotopic (exact) mass is 514 g/mol. The smallest absolute Gasteiger partial charge is 0.247 e. The minimum absolute atomic E-state index is 0.0852. The number of thioether (sulfide) groups is 1. The number of hydrogen-bond donors (Lipinski definition) is 0. The Balaban J connectivity index is 1.45. The molecule has 0 spiro atoms. The first-order chi connectivity index (χ1) is 18.1. The number of carbonyl (C=O) groups excluding carboxylic acids is 1. The van der Waals surface area contributed by atoms with Crippen LogP contribution in [0.2, 0.25) is 0 Å². The lowest BCUT2D eigenvalue weighted by molar-refractivity contribution is -0.118. The van der Waals surface area contributed by atoms with Crippen LogP contribution < -0.4 is 23.8 Å². The highest BCUT2D eigenvalue weighted by atomic mass is 32.2. The van der Waals surface area contributed by atoms with Crippen LogP contribution in [0.25, 0.3) is 11.3 Å². The van der Waals surface area contributed by atoms with Gasteiger partial charge >= 0.3 is 0 Å². The van der Waals surface area contributed by atoms with Gasteiger partial charge in [-0.3, -0.25) is 9.69 Å². The molecule has 9 nitrogen and oxygen atoms in total. The Bertz CT molecular complexity index is 1480. The minimum Gasteiger partial charge on any atom is -0.493 e. The van der Waals surface area contributed by atoms with Crippen molar-refractivity contribution in [2.75, 3.05) is 18.8 Å². The van der Waals surface area contributed by atoms with Gasteiger partial charge in [-0.25, -0.2) is 0 Å². The predicted octanol–water partition coefficient (Wildman–Crippen LogP) is 5.01. The fraction of sp³-hybridized carbons (Fsp3) is 0.185. The van der Waals surface area contributed by atoms with Crippen molar-refractivity contribution in [1.29, 1.82) is 0 Å². The van der Waals surface area contributed by atoms with Gasteiger partial charge < -0.3 is 18.9 Å². The van der Waals surface area contributed by atoms with Gasteiger partial charge in [-0.2, -0.15) is 4.98 Å². The molecule has 1 amide bonds. The zero-order valence-corrected chi connectivity index (χ0v) is 20.9. The second-order valence-electron chi connectivity index (χ2n) is 8.36. The molecule has 0 bridgehead atoms. The molecule has 2 aliphatic rings. The maximum absolute atomic E-state index is 13.1. The quantitative estimate of drug-likeness (QED) is 0.341. The SMILES string of the molecule is COc1cc(C2Oc3nc(SCc4ccccc4)nnc3-c3ccccc3N2C(C)=O)cc2c1OCO2. The normalized spacial score (nSPS) is 15.3. The summed E-state index contributed by atoms with van der Waals surface area (Å²) in [7, 11) is 1.55. The van der Waals surface area contributed by atoms with Crippen molar-refractivity contribution in [3.63, 3.8) is 0 Å². The van der Waals surface area contributed by atoms with E-state index in [1.165, 1.54) is 18.7 Å². The maximum atomic E-state index is 13.1. The first-order valence-corrected chi connectivity index (χ1v) is 12.6. The van der Waals surface area contributed by atoms with Crippen LogP contribution in [0.3, 0.4) is 0 Å². The summed E-state index contributed by atoms with van der Waals surface area (Å²) < 4.78 is 23.2. The van der Waals surface area contributed by atoms with Crippen molar-refractivity contribution >= 4 is 23.4 Å². The number of methoxy groups -OCH3 is 1. The third-order valence-electron chi connectivity index (χ3n) is 6.03. The van der Waals surface area contributed by atoms with Crippen LogP contribution in [0.5, 0.6) is 23.1 Å². The van der Waals surface area contributed by atoms with E-state index < -0.39 is 6.23 Å². The Morgan fingerprint density at radius 1 is 1.08 bits per heavy atom. The van der Waals surface area contributed by atoms with Crippen LogP contribution in [-0.4, -0.2) is 35.0 Å². The molecule has 10 heteroatoms. The highest BCUT2D eigenvalue weighted by Gasteiger charge is 2.36. The number of fused-ring (bicyclic) bond motifs is 4. The number of anilines is 1. The summed E-state index contributed by atoms with van der Waals surface area (Å²) in [6.45, 7) is 1.58. The van der Waals surface area contributed by atoms with Gasteiger partial charge in [0, 0.05) is 23.8 Å². The van der Waals surface area contributed by atoms with E-state index in [9.17, 15) is 4.79 Å². The fourth-order valence-corrected chi connectivity index (χ4v) is 5.08. The van der Waals surface area contributed by atoms with Gasteiger partial charge in [0.2, 0.25) is 35.7 Å². The molecule has 37 heavy (non-hydrogen) atoms. The van der Waals surface area contributed by atoms with Gasteiger partial charge in [0.15, 0.2) is 17.2 Å². The number of rotatable bonds is 5. The Labute approximate surface area is 217 Å². The van der Waals surface area contributed by atoms with E-state index in [-0.39, 0.29) is 18.6 Å². The van der Waals surface area contributed by atoms with E-state index in [0.717, 1.165) is 5.56 Å². The Kier molecular flexibility index (Phi) is 6.01. The number of hydrogen-bond acceptors (Lipinski definition) is 9. The molecule has 1 atom stereocenters. The van der Waals surface area contributed by atoms with Crippen LogP contribution in [0.15, 0.2) is 71.9 Å². The topological polar surface area (TPSA) is 95.9 Å². The van der Waals surface area contributed by atoms with E-state index in [4.69, 9.17) is 23.9 Å². The lowest BCUT2D eigenvalue weighted by Gasteiger charge is -2.30. The van der Waals surface area contributed by atoms with Gasteiger partial charge in [-0.1, -0.05) is 60.3 Å². The molecule has 1 unspecified atom stereocenters. The van der Waals surface area contributed by atoms with Gasteiger partial charge in [0.25, 0.3) is 0 Å². The number of benzene rings is 3. The van der Waals surface area contributed by atoms with Crippen molar-refractivity contribution in [3.05, 3.63) is 77.9 Å². The lowest BCUT2D eigenvalue weighted by atomic mass is 10.1. The molecule has 1 aromatic heterocycles. The first kappa shape index (κ1) is 23.1. The zero-order chi connectivity index (χ0) is 25.4. The highest BCUT2D eigenvalue weighted by molar-refractivity contribution is 7.98. The fourth-order valence-electron chi connectivity index (χ4n) is 4.35. The summed E-state index contributed by atoms with van der Waals surface area (Å²) in [4.78, 5) is 19.4. The van der Waals surface area contributed by atoms with Crippen molar-refractivity contribution in [2.24, 2.45) is 0 Å². The average molecular weight is 515 g/mol. The summed E-state index contributed by atoms with van der Waals surface area (Å²) in [5, 5.41) is 9.30. The van der Waals surface area contributed by atoms with Gasteiger partial charge in [0.1, 0.15) is 0 Å². The van der Waals surface area contributed by atoms with Gasteiger partial charge in [0.05, 0.1) is 12.8 Å². The van der Waals surface area contributed by atoms with E-state index in [1.807, 2.05) is 54.6 Å². The van der Waals surface area contributed by atoms with Crippen LogP contribution in [-0.2, 0) is 10.5 Å². The summed E-state index contributed by atoms with van der Waals surface area (Å²) in [5.41, 5.74) is 3.57. The molecule has 0 aliphatic carbocycles. The third kappa shape index (κ3) is 4.29. The van der Waals surface area contributed by atoms with Crippen molar-refractivity contribution < 1.29 is 23.7 Å². The van der Waals surface area contributed by atoms with Crippen molar-refractivity contribution in [2.45, 2.75) is 24.1 Å². The second-order valence-corrected chi connectivity index (χ2v) is 9.30. The maximum Gasteiger partial charge on any atom is 0.247 e. The molecule has 0 saturated heterocycles. The van der Waals surface area contributed by atoms with Crippen molar-refractivity contribution in [3.8, 4) is 34.4 Å². The second kappa shape index (κ2) is 9.62. The van der Waals surface area contributed by atoms with Gasteiger partial charge in [-0.15, -0.1) is 10.2 Å². The highest BCUT2D eigenvalue weighted by Crippen LogP contribution is 2.47. The summed E-state index contributed by atoms with van der Waals surface area (Å²) in [5.74, 6) is 2.25. The third-order valence-corrected chi connectivity index (χ3v) is 6.94. The Morgan fingerprint density at radius 2 is 1.89 bits per heavy atom. The van der Waals surface area contributed by atoms with E-state index in [1.54, 1.807) is 24.1 Å². The summed E-state index contributed by atoms with van der Waals surface area (Å²) in [6, 6.07) is 21.1. The zero-order valence-electron chi connectivity index (χ0n) is 20.1. The molecule has 3 heterocycles. The molecular formula is C27H22N4O5S. The Hall–Kier alpha value is -4.31. The number of aromatic nitrogens is 3. The number of carbonyl (C=O) groups is 1. The summed E-state index contributed by atoms with van der Waals surface area (Å²) in [6.07, 6.45) is -0.869. The molecule has 0 saturated carbocycles. The molecule has 3 aromatic carbocycles. The molecule has 0 N–H and O–H groups in total. The van der Waals surface area contributed by atoms with Gasteiger partial charge in [-0.05, 0) is 23.8 Å². The standard InChI is InChI=1S/C27H22N4O5S/c1-16(32)31-20-11-7-6-10-19(20)23-25(28-27(30-29-23)37-14-17-8-4-3-5-9-17)36-26(31)18-12-21(33-2)24-22(13-18)34-15-35-24/h3-13,26H,14-15H2,1-2H3. The summed E-state index contributed by atoms with van der Waals surface area (Å²) >= 11 is 1.46. The predicted molar refractivity (Wildman–Crippen MR) is 137 cm³/mol. The van der Waals surface area contributed by atoms with E-state index in [2.05, 4.69) is 10.2 Å². The van der Waals surface area contributed by atoms with Crippen LogP contribution in [0.1, 0.15) is 24.3 Å². The molecule has 2 aliphatic heterocycles. The molecule has 0 radical (unpaired) electrons. The molecule has 0 fully saturated rings. The minimum atomic E-state index is -0.869.